The lowest BCUT2D eigenvalue weighted by Crippen LogP contribution is -2.33. The van der Waals surface area contributed by atoms with Gasteiger partial charge >= 0.3 is 0 Å². The lowest BCUT2D eigenvalue weighted by molar-refractivity contribution is -0.128. The molecule has 0 aromatic heterocycles. The monoisotopic (exact) mass is 475 g/mol. The molecule has 8 heteroatoms. The van der Waals surface area contributed by atoms with Gasteiger partial charge in [0, 0.05) is 24.7 Å². The van der Waals surface area contributed by atoms with Crippen LogP contribution >= 0.6 is 11.8 Å². The second-order valence-electron chi connectivity index (χ2n) is 7.45. The fourth-order valence-corrected chi connectivity index (χ4v) is 4.70. The molecule has 2 amide bonds. The van der Waals surface area contributed by atoms with E-state index in [4.69, 9.17) is 9.47 Å². The van der Waals surface area contributed by atoms with Gasteiger partial charge in [-0.05, 0) is 43.3 Å². The van der Waals surface area contributed by atoms with E-state index in [1.54, 1.807) is 30.2 Å². The molecular formula is C26H25N3O4S. The number of anilines is 1. The number of hydrogen-bond donors (Lipinski definition) is 1. The highest BCUT2D eigenvalue weighted by molar-refractivity contribution is 8.15. The second kappa shape index (κ2) is 10.9. The summed E-state index contributed by atoms with van der Waals surface area (Å²) >= 11 is 1.29. The van der Waals surface area contributed by atoms with E-state index in [9.17, 15) is 9.59 Å². The topological polar surface area (TPSA) is 80.2 Å². The van der Waals surface area contributed by atoms with Crippen LogP contribution in [0.15, 0.2) is 83.9 Å². The molecule has 0 saturated carbocycles. The molecule has 0 spiro atoms. The zero-order valence-corrected chi connectivity index (χ0v) is 19.7. The number of carbonyl (C=O) groups is 2. The van der Waals surface area contributed by atoms with Crippen molar-refractivity contribution in [1.29, 1.82) is 0 Å². The van der Waals surface area contributed by atoms with Crippen LogP contribution in [0.1, 0.15) is 13.3 Å². The Morgan fingerprint density at radius 2 is 1.76 bits per heavy atom. The van der Waals surface area contributed by atoms with E-state index in [0.717, 1.165) is 0 Å². The highest BCUT2D eigenvalue weighted by Crippen LogP contribution is 2.34. The first-order chi connectivity index (χ1) is 16.6. The van der Waals surface area contributed by atoms with Crippen molar-refractivity contribution < 1.29 is 19.1 Å². The third-order valence-corrected chi connectivity index (χ3v) is 6.28. The average Bonchev–Trinajstić information content (AvgIpc) is 3.13. The number of ether oxygens (including phenoxy) is 2. The predicted octanol–water partition coefficient (Wildman–Crippen LogP) is 5.47. The van der Waals surface area contributed by atoms with Crippen molar-refractivity contribution in [2.75, 3.05) is 19.0 Å². The number of thioether (sulfide) groups is 1. The molecule has 4 rings (SSSR count). The molecule has 7 nitrogen and oxygen atoms in total. The number of rotatable bonds is 8. The minimum absolute atomic E-state index is 0.0364. The minimum atomic E-state index is -0.544. The fourth-order valence-electron chi connectivity index (χ4n) is 3.48. The number of amides is 2. The summed E-state index contributed by atoms with van der Waals surface area (Å²) in [5.41, 5.74) is 1.24. The van der Waals surface area contributed by atoms with E-state index in [2.05, 4.69) is 10.3 Å². The zero-order chi connectivity index (χ0) is 23.9. The van der Waals surface area contributed by atoms with Crippen LogP contribution in [0.2, 0.25) is 0 Å². The molecule has 1 fully saturated rings. The summed E-state index contributed by atoms with van der Waals surface area (Å²) in [6, 6.07) is 23.9. The number of benzene rings is 3. The summed E-state index contributed by atoms with van der Waals surface area (Å²) in [5, 5.41) is 2.89. The first-order valence-electron chi connectivity index (χ1n) is 10.9. The number of carbonyl (C=O) groups excluding carboxylic acids is 2. The van der Waals surface area contributed by atoms with Gasteiger partial charge < -0.3 is 14.8 Å². The summed E-state index contributed by atoms with van der Waals surface area (Å²) < 4.78 is 11.2. The number of para-hydroxylation sites is 3. The molecule has 3 aromatic carbocycles. The Kier molecular flexibility index (Phi) is 7.49. The van der Waals surface area contributed by atoms with Gasteiger partial charge in [0.25, 0.3) is 0 Å². The van der Waals surface area contributed by atoms with Crippen LogP contribution in [0, 0.1) is 0 Å². The van der Waals surface area contributed by atoms with Crippen molar-refractivity contribution in [3.63, 3.8) is 0 Å². The van der Waals surface area contributed by atoms with Crippen LogP contribution < -0.4 is 14.8 Å². The Morgan fingerprint density at radius 1 is 1.03 bits per heavy atom. The van der Waals surface area contributed by atoms with Crippen LogP contribution in [-0.4, -0.2) is 40.8 Å². The number of hydrogen-bond acceptors (Lipinski definition) is 6. The largest absolute Gasteiger partial charge is 0.494 e. The summed E-state index contributed by atoms with van der Waals surface area (Å²) in [5.74, 6) is 1.56. The average molecular weight is 476 g/mol. The molecule has 174 valence electrons. The SMILES string of the molecule is CCN1C(=O)C(CC(=O)Nc2cccc(Oc3ccccc3)c2)SC1=Nc1ccccc1OC. The summed E-state index contributed by atoms with van der Waals surface area (Å²) in [6.45, 7) is 2.35. The van der Waals surface area contributed by atoms with Gasteiger partial charge in [-0.2, -0.15) is 0 Å². The van der Waals surface area contributed by atoms with E-state index in [-0.39, 0.29) is 18.2 Å². The third-order valence-electron chi connectivity index (χ3n) is 5.11. The summed E-state index contributed by atoms with van der Waals surface area (Å²) in [6.07, 6.45) is 0.0364. The Balaban J connectivity index is 1.42. The van der Waals surface area contributed by atoms with E-state index < -0.39 is 5.25 Å². The second-order valence-corrected chi connectivity index (χ2v) is 8.62. The number of nitrogens with zero attached hydrogens (tertiary/aromatic N) is 2. The molecule has 3 aromatic rings. The highest BCUT2D eigenvalue weighted by Gasteiger charge is 2.38. The Hall–Kier alpha value is -3.78. The molecule has 0 bridgehead atoms. The van der Waals surface area contributed by atoms with Gasteiger partial charge in [-0.25, -0.2) is 4.99 Å². The number of nitrogens with one attached hydrogen (secondary N) is 1. The fraction of sp³-hybridized carbons (Fsp3) is 0.192. The maximum absolute atomic E-state index is 12.9. The molecule has 1 unspecified atom stereocenters. The van der Waals surface area contributed by atoms with E-state index in [1.807, 2.05) is 67.6 Å². The third kappa shape index (κ3) is 5.58. The van der Waals surface area contributed by atoms with Gasteiger partial charge in [0.05, 0.1) is 7.11 Å². The lowest BCUT2D eigenvalue weighted by atomic mass is 10.2. The van der Waals surface area contributed by atoms with E-state index in [1.165, 1.54) is 11.8 Å². The molecule has 1 saturated heterocycles. The lowest BCUT2D eigenvalue weighted by Gasteiger charge is -2.14. The van der Waals surface area contributed by atoms with Crippen molar-refractivity contribution in [3.05, 3.63) is 78.9 Å². The predicted molar refractivity (Wildman–Crippen MR) is 135 cm³/mol. The van der Waals surface area contributed by atoms with Crippen molar-refractivity contribution in [1.82, 2.24) is 4.90 Å². The van der Waals surface area contributed by atoms with Crippen molar-refractivity contribution >= 4 is 40.1 Å². The van der Waals surface area contributed by atoms with E-state index >= 15 is 0 Å². The molecule has 0 aliphatic carbocycles. The van der Waals surface area contributed by atoms with Gasteiger partial charge in [-0.1, -0.05) is 48.2 Å². The molecule has 1 atom stereocenters. The van der Waals surface area contributed by atoms with Crippen molar-refractivity contribution in [2.24, 2.45) is 4.99 Å². The molecule has 1 aliphatic rings. The van der Waals surface area contributed by atoms with Crippen LogP contribution in [0.5, 0.6) is 17.2 Å². The Morgan fingerprint density at radius 3 is 2.53 bits per heavy atom. The normalized spacial score (nSPS) is 16.5. The van der Waals surface area contributed by atoms with Gasteiger partial charge in [0.15, 0.2) is 5.17 Å². The van der Waals surface area contributed by atoms with Gasteiger partial charge in [0.1, 0.15) is 28.2 Å². The van der Waals surface area contributed by atoms with Gasteiger partial charge in [-0.15, -0.1) is 0 Å². The Bertz CT molecular complexity index is 1200. The summed E-state index contributed by atoms with van der Waals surface area (Å²) in [4.78, 5) is 31.9. The minimum Gasteiger partial charge on any atom is -0.494 e. The van der Waals surface area contributed by atoms with Crippen molar-refractivity contribution in [3.8, 4) is 17.2 Å². The van der Waals surface area contributed by atoms with Crippen LogP contribution in [0.3, 0.4) is 0 Å². The maximum atomic E-state index is 12.9. The van der Waals surface area contributed by atoms with Gasteiger partial charge in [-0.3, -0.25) is 14.5 Å². The van der Waals surface area contributed by atoms with Gasteiger partial charge in [0.2, 0.25) is 11.8 Å². The van der Waals surface area contributed by atoms with Crippen LogP contribution in [-0.2, 0) is 9.59 Å². The highest BCUT2D eigenvalue weighted by atomic mass is 32.2. The van der Waals surface area contributed by atoms with Crippen molar-refractivity contribution in [2.45, 2.75) is 18.6 Å². The molecule has 0 radical (unpaired) electrons. The molecule has 34 heavy (non-hydrogen) atoms. The zero-order valence-electron chi connectivity index (χ0n) is 18.9. The molecule has 1 heterocycles. The van der Waals surface area contributed by atoms with E-state index in [0.29, 0.717) is 40.3 Å². The molecule has 1 N–H and O–H groups in total. The summed E-state index contributed by atoms with van der Waals surface area (Å²) in [7, 11) is 1.58. The molecular weight excluding hydrogens is 450 g/mol. The first kappa shape index (κ1) is 23.4. The van der Waals surface area contributed by atoms with Crippen LogP contribution in [0.4, 0.5) is 11.4 Å². The first-order valence-corrected chi connectivity index (χ1v) is 11.8. The number of methoxy groups -OCH3 is 1. The quantitative estimate of drug-likeness (QED) is 0.467. The number of amidine groups is 1. The standard InChI is InChI=1S/C26H25N3O4S/c1-3-29-25(31)23(34-26(29)28-21-14-7-8-15-22(21)32-2)17-24(30)27-18-10-9-13-20(16-18)33-19-11-5-4-6-12-19/h4-16,23H,3,17H2,1-2H3,(H,27,30). The van der Waals surface area contributed by atoms with Crippen LogP contribution in [0.25, 0.3) is 0 Å². The Labute approximate surface area is 202 Å². The molecule has 1 aliphatic heterocycles. The smallest absolute Gasteiger partial charge is 0.242 e. The maximum Gasteiger partial charge on any atom is 0.242 e. The number of aliphatic imine (C=N–C) groups is 1.